The zero-order valence-electron chi connectivity index (χ0n) is 16.7. The summed E-state index contributed by atoms with van der Waals surface area (Å²) >= 11 is 0. The van der Waals surface area contributed by atoms with Gasteiger partial charge < -0.3 is 19.9 Å². The number of carbonyl (C=O) groups is 3. The lowest BCUT2D eigenvalue weighted by atomic mass is 9.83. The summed E-state index contributed by atoms with van der Waals surface area (Å²) in [6.45, 7) is 7.11. The number of anilines is 1. The summed E-state index contributed by atoms with van der Waals surface area (Å²) < 4.78 is 15.3. The predicted octanol–water partition coefficient (Wildman–Crippen LogP) is 0.574. The van der Waals surface area contributed by atoms with Crippen molar-refractivity contribution in [2.75, 3.05) is 18.9 Å². The molecule has 0 aliphatic heterocycles. The Kier molecular flexibility index (Phi) is 8.84. The van der Waals surface area contributed by atoms with E-state index in [1.54, 1.807) is 13.8 Å². The van der Waals surface area contributed by atoms with Crippen molar-refractivity contribution in [1.82, 2.24) is 0 Å². The second kappa shape index (κ2) is 10.6. The number of hydrogen-bond acceptors (Lipinski definition) is 7. The summed E-state index contributed by atoms with van der Waals surface area (Å²) in [5.41, 5.74) is 9.91. The summed E-state index contributed by atoms with van der Waals surface area (Å²) in [6.07, 6.45) is 0.179. The molecule has 1 atom stereocenters. The third-order valence-electron chi connectivity index (χ3n) is 4.28. The summed E-state index contributed by atoms with van der Waals surface area (Å²) in [4.78, 5) is 35.5. The van der Waals surface area contributed by atoms with Crippen LogP contribution < -0.4 is 11.2 Å². The number of carbonyl (C=O) groups excluding carboxylic acids is 3. The van der Waals surface area contributed by atoms with Gasteiger partial charge in [-0.05, 0) is 43.9 Å². The SMILES string of the molecule is Bc1cc(C[C@@H](CC(=O)OCC)C(=O)OCC)c(COC(C)=O)c(C)c1N. The zero-order valence-corrected chi connectivity index (χ0v) is 16.7. The first-order chi connectivity index (χ1) is 12.7. The molecule has 0 unspecified atom stereocenters. The molecule has 0 aliphatic carbocycles. The van der Waals surface area contributed by atoms with Crippen LogP contribution in [0.2, 0.25) is 0 Å². The minimum absolute atomic E-state index is 0.0515. The second-order valence-electron chi connectivity index (χ2n) is 6.31. The molecule has 0 aliphatic rings. The summed E-state index contributed by atoms with van der Waals surface area (Å²) in [7, 11) is 1.87. The van der Waals surface area contributed by atoms with Gasteiger partial charge in [-0.15, -0.1) is 0 Å². The van der Waals surface area contributed by atoms with E-state index < -0.39 is 23.8 Å². The van der Waals surface area contributed by atoms with E-state index in [4.69, 9.17) is 19.9 Å². The maximum absolute atomic E-state index is 12.4. The Morgan fingerprint density at radius 2 is 1.78 bits per heavy atom. The number of benzene rings is 1. The lowest BCUT2D eigenvalue weighted by Gasteiger charge is -2.20. The Morgan fingerprint density at radius 1 is 1.15 bits per heavy atom. The van der Waals surface area contributed by atoms with E-state index in [9.17, 15) is 14.4 Å². The largest absolute Gasteiger partial charge is 0.466 e. The van der Waals surface area contributed by atoms with Crippen LogP contribution in [0, 0.1) is 12.8 Å². The third-order valence-corrected chi connectivity index (χ3v) is 4.28. The monoisotopic (exact) mass is 377 g/mol. The van der Waals surface area contributed by atoms with Gasteiger partial charge in [-0.25, -0.2) is 0 Å². The Balaban J connectivity index is 3.22. The van der Waals surface area contributed by atoms with Crippen molar-refractivity contribution in [3.63, 3.8) is 0 Å². The van der Waals surface area contributed by atoms with Crippen molar-refractivity contribution in [1.29, 1.82) is 0 Å². The van der Waals surface area contributed by atoms with E-state index in [2.05, 4.69) is 0 Å². The first-order valence-corrected chi connectivity index (χ1v) is 9.04. The van der Waals surface area contributed by atoms with Crippen LogP contribution in [0.15, 0.2) is 6.07 Å². The molecule has 1 aromatic rings. The van der Waals surface area contributed by atoms with E-state index in [1.807, 2.05) is 20.8 Å². The maximum atomic E-state index is 12.4. The third kappa shape index (κ3) is 6.62. The minimum atomic E-state index is -0.692. The molecular formula is C19H28BNO6. The fourth-order valence-corrected chi connectivity index (χ4v) is 2.87. The molecule has 0 spiro atoms. The molecule has 1 rings (SSSR count). The van der Waals surface area contributed by atoms with Gasteiger partial charge in [0.25, 0.3) is 0 Å². The highest BCUT2D eigenvalue weighted by Crippen LogP contribution is 2.24. The second-order valence-corrected chi connectivity index (χ2v) is 6.31. The van der Waals surface area contributed by atoms with Gasteiger partial charge in [0, 0.05) is 12.6 Å². The highest BCUT2D eigenvalue weighted by molar-refractivity contribution is 6.36. The predicted molar refractivity (Wildman–Crippen MR) is 104 cm³/mol. The Labute approximate surface area is 160 Å². The quantitative estimate of drug-likeness (QED) is 0.290. The van der Waals surface area contributed by atoms with Gasteiger partial charge in [0.1, 0.15) is 14.5 Å². The molecule has 0 aromatic heterocycles. The molecule has 0 bridgehead atoms. The number of nitrogens with two attached hydrogens (primary N) is 1. The van der Waals surface area contributed by atoms with Crippen LogP contribution >= 0.6 is 0 Å². The van der Waals surface area contributed by atoms with Gasteiger partial charge in [0.2, 0.25) is 0 Å². The van der Waals surface area contributed by atoms with Crippen LogP contribution in [0.1, 0.15) is 43.9 Å². The van der Waals surface area contributed by atoms with Crippen LogP contribution in [-0.2, 0) is 41.6 Å². The minimum Gasteiger partial charge on any atom is -0.466 e. The molecule has 148 valence electrons. The van der Waals surface area contributed by atoms with Crippen LogP contribution in [-0.4, -0.2) is 39.0 Å². The lowest BCUT2D eigenvalue weighted by molar-refractivity contribution is -0.154. The van der Waals surface area contributed by atoms with Crippen LogP contribution in [0.4, 0.5) is 5.69 Å². The van der Waals surface area contributed by atoms with Gasteiger partial charge >= 0.3 is 17.9 Å². The van der Waals surface area contributed by atoms with Gasteiger partial charge in [0.05, 0.1) is 25.6 Å². The van der Waals surface area contributed by atoms with Gasteiger partial charge in [-0.2, -0.15) is 0 Å². The van der Waals surface area contributed by atoms with Gasteiger partial charge in [0.15, 0.2) is 0 Å². The molecule has 0 radical (unpaired) electrons. The van der Waals surface area contributed by atoms with Crippen molar-refractivity contribution in [3.8, 4) is 0 Å². The highest BCUT2D eigenvalue weighted by Gasteiger charge is 2.26. The summed E-state index contributed by atoms with van der Waals surface area (Å²) in [5.74, 6) is -2.02. The van der Waals surface area contributed by atoms with E-state index in [1.165, 1.54) is 6.92 Å². The van der Waals surface area contributed by atoms with Gasteiger partial charge in [-0.1, -0.05) is 11.5 Å². The smallest absolute Gasteiger partial charge is 0.309 e. The molecule has 8 heteroatoms. The summed E-state index contributed by atoms with van der Waals surface area (Å²) in [6, 6.07) is 1.86. The molecule has 1 aromatic carbocycles. The first-order valence-electron chi connectivity index (χ1n) is 9.04. The molecule has 0 amide bonds. The normalized spacial score (nSPS) is 11.6. The molecular weight excluding hydrogens is 349 g/mol. The van der Waals surface area contributed by atoms with E-state index in [0.717, 1.165) is 22.2 Å². The van der Waals surface area contributed by atoms with Gasteiger partial charge in [-0.3, -0.25) is 14.4 Å². The van der Waals surface area contributed by atoms with Crippen molar-refractivity contribution < 1.29 is 28.6 Å². The molecule has 7 nitrogen and oxygen atoms in total. The molecule has 0 saturated carbocycles. The average Bonchev–Trinajstić information content (AvgIpc) is 2.59. The van der Waals surface area contributed by atoms with E-state index >= 15 is 0 Å². The van der Waals surface area contributed by atoms with Crippen molar-refractivity contribution in [2.24, 2.45) is 5.92 Å². The number of nitrogen functional groups attached to an aromatic ring is 1. The molecule has 0 heterocycles. The number of esters is 3. The fraction of sp³-hybridized carbons (Fsp3) is 0.526. The maximum Gasteiger partial charge on any atom is 0.309 e. The molecule has 2 N–H and O–H groups in total. The van der Waals surface area contributed by atoms with Crippen molar-refractivity contribution in [3.05, 3.63) is 22.8 Å². The van der Waals surface area contributed by atoms with Crippen LogP contribution in [0.5, 0.6) is 0 Å². The number of ether oxygens (including phenoxy) is 3. The fourth-order valence-electron chi connectivity index (χ4n) is 2.87. The number of hydrogen-bond donors (Lipinski definition) is 1. The van der Waals surface area contributed by atoms with Crippen LogP contribution in [0.3, 0.4) is 0 Å². The first kappa shape index (κ1) is 22.5. The zero-order chi connectivity index (χ0) is 20.6. The van der Waals surface area contributed by atoms with E-state index in [0.29, 0.717) is 5.69 Å². The topological polar surface area (TPSA) is 105 Å². The van der Waals surface area contributed by atoms with Crippen LogP contribution in [0.25, 0.3) is 0 Å². The average molecular weight is 377 g/mol. The molecule has 0 fully saturated rings. The summed E-state index contributed by atoms with van der Waals surface area (Å²) in [5, 5.41) is 0. The molecule has 27 heavy (non-hydrogen) atoms. The Bertz CT molecular complexity index is 704. The van der Waals surface area contributed by atoms with Crippen molar-refractivity contribution >= 4 is 36.9 Å². The molecule has 0 saturated heterocycles. The van der Waals surface area contributed by atoms with Crippen molar-refractivity contribution in [2.45, 2.75) is 47.1 Å². The standard InChI is InChI=1S/C19H28BNO6/c1-5-25-17(23)9-14(19(24)26-6-2)7-13-8-16(20)18(21)11(3)15(13)10-27-12(4)22/h8,14H,5-7,9-10,20-21H2,1-4H3/t14-/m0/s1. The Morgan fingerprint density at radius 3 is 2.33 bits per heavy atom. The Hall–Kier alpha value is -2.51. The van der Waals surface area contributed by atoms with E-state index in [-0.39, 0.29) is 32.7 Å². The number of rotatable bonds is 9. The lowest BCUT2D eigenvalue weighted by Crippen LogP contribution is -2.26. The highest BCUT2D eigenvalue weighted by atomic mass is 16.5.